The molecule has 1 N–H and O–H groups in total. The standard InChI is InChI=1S/C8H6N4O/c13-8-2-1-7(11-12-8)6-3-4-9-5-10-6/h1-5H,(H,12,13). The highest BCUT2D eigenvalue weighted by atomic mass is 16.1. The molecule has 0 amide bonds. The SMILES string of the molecule is O=c1ccc(-c2ccncn2)n[nH]1. The molecule has 0 saturated carbocycles. The highest BCUT2D eigenvalue weighted by Gasteiger charge is 1.98. The van der Waals surface area contributed by atoms with Crippen LogP contribution in [0.15, 0.2) is 35.5 Å². The Morgan fingerprint density at radius 2 is 2.08 bits per heavy atom. The maximum atomic E-state index is 10.7. The van der Waals surface area contributed by atoms with Gasteiger partial charge in [0.2, 0.25) is 0 Å². The molecule has 0 radical (unpaired) electrons. The Hall–Kier alpha value is -2.04. The minimum absolute atomic E-state index is 0.224. The molecule has 64 valence electrons. The van der Waals surface area contributed by atoms with Crippen molar-refractivity contribution in [2.75, 3.05) is 0 Å². The highest BCUT2D eigenvalue weighted by molar-refractivity contribution is 5.51. The Kier molecular flexibility index (Phi) is 1.84. The van der Waals surface area contributed by atoms with Crippen molar-refractivity contribution in [2.24, 2.45) is 0 Å². The number of nitrogens with one attached hydrogen (secondary N) is 1. The topological polar surface area (TPSA) is 71.5 Å². The van der Waals surface area contributed by atoms with Gasteiger partial charge < -0.3 is 0 Å². The zero-order chi connectivity index (χ0) is 9.10. The number of aromatic nitrogens is 4. The third kappa shape index (κ3) is 1.58. The molecule has 2 rings (SSSR count). The summed E-state index contributed by atoms with van der Waals surface area (Å²) in [6.45, 7) is 0. The number of rotatable bonds is 1. The smallest absolute Gasteiger partial charge is 0.264 e. The van der Waals surface area contributed by atoms with Gasteiger partial charge in [-0.15, -0.1) is 0 Å². The third-order valence-corrected chi connectivity index (χ3v) is 1.52. The van der Waals surface area contributed by atoms with E-state index in [4.69, 9.17) is 0 Å². The lowest BCUT2D eigenvalue weighted by atomic mass is 10.3. The molecule has 0 atom stereocenters. The van der Waals surface area contributed by atoms with Gasteiger partial charge in [-0.25, -0.2) is 15.1 Å². The first-order chi connectivity index (χ1) is 6.36. The molecule has 5 nitrogen and oxygen atoms in total. The summed E-state index contributed by atoms with van der Waals surface area (Å²) >= 11 is 0. The van der Waals surface area contributed by atoms with Crippen molar-refractivity contribution in [2.45, 2.75) is 0 Å². The quantitative estimate of drug-likeness (QED) is 0.671. The molecule has 13 heavy (non-hydrogen) atoms. The van der Waals surface area contributed by atoms with Gasteiger partial charge in [-0.2, -0.15) is 5.10 Å². The maximum Gasteiger partial charge on any atom is 0.264 e. The van der Waals surface area contributed by atoms with E-state index in [1.165, 1.54) is 12.4 Å². The van der Waals surface area contributed by atoms with Crippen LogP contribution in [0, 0.1) is 0 Å². The lowest BCUT2D eigenvalue weighted by Gasteiger charge is -1.95. The second kappa shape index (κ2) is 3.14. The molecule has 2 aromatic heterocycles. The second-order valence-corrected chi connectivity index (χ2v) is 2.40. The van der Waals surface area contributed by atoms with E-state index in [0.717, 1.165) is 0 Å². The molecule has 0 saturated heterocycles. The Morgan fingerprint density at radius 3 is 2.69 bits per heavy atom. The summed E-state index contributed by atoms with van der Waals surface area (Å²) in [5, 5.41) is 6.15. The van der Waals surface area contributed by atoms with E-state index in [-0.39, 0.29) is 5.56 Å². The van der Waals surface area contributed by atoms with Crippen LogP contribution in [-0.2, 0) is 0 Å². The van der Waals surface area contributed by atoms with E-state index in [1.54, 1.807) is 18.3 Å². The Morgan fingerprint density at radius 1 is 1.15 bits per heavy atom. The molecule has 0 aliphatic rings. The zero-order valence-electron chi connectivity index (χ0n) is 6.64. The molecule has 0 aliphatic heterocycles. The van der Waals surface area contributed by atoms with E-state index in [2.05, 4.69) is 20.2 Å². The van der Waals surface area contributed by atoms with E-state index in [9.17, 15) is 4.79 Å². The molecular weight excluding hydrogens is 168 g/mol. The summed E-state index contributed by atoms with van der Waals surface area (Å²) in [5.74, 6) is 0. The highest BCUT2D eigenvalue weighted by Crippen LogP contribution is 2.08. The molecule has 0 aromatic carbocycles. The average molecular weight is 174 g/mol. The van der Waals surface area contributed by atoms with Gasteiger partial charge in [0.05, 0.1) is 5.69 Å². The van der Waals surface area contributed by atoms with Crippen molar-refractivity contribution in [1.29, 1.82) is 0 Å². The van der Waals surface area contributed by atoms with Gasteiger partial charge in [-0.05, 0) is 12.1 Å². The van der Waals surface area contributed by atoms with Crippen LogP contribution in [0.25, 0.3) is 11.4 Å². The Labute approximate surface area is 73.5 Å². The van der Waals surface area contributed by atoms with Gasteiger partial charge >= 0.3 is 0 Å². The first-order valence-corrected chi connectivity index (χ1v) is 3.68. The number of hydrogen-bond acceptors (Lipinski definition) is 4. The predicted molar refractivity (Wildman–Crippen MR) is 45.9 cm³/mol. The molecule has 0 fully saturated rings. The van der Waals surface area contributed by atoms with E-state index in [1.807, 2.05) is 0 Å². The molecule has 2 heterocycles. The lowest BCUT2D eigenvalue weighted by molar-refractivity contribution is 0.985. The summed E-state index contributed by atoms with van der Waals surface area (Å²) in [7, 11) is 0. The monoisotopic (exact) mass is 174 g/mol. The van der Waals surface area contributed by atoms with Crippen LogP contribution in [0.4, 0.5) is 0 Å². The largest absolute Gasteiger partial charge is 0.268 e. The van der Waals surface area contributed by atoms with Gasteiger partial charge in [0.25, 0.3) is 5.56 Å². The van der Waals surface area contributed by atoms with Crippen LogP contribution >= 0.6 is 0 Å². The number of nitrogens with zero attached hydrogens (tertiary/aromatic N) is 3. The van der Waals surface area contributed by atoms with Crippen molar-refractivity contribution in [1.82, 2.24) is 20.2 Å². The summed E-state index contributed by atoms with van der Waals surface area (Å²) in [6.07, 6.45) is 3.05. The summed E-state index contributed by atoms with van der Waals surface area (Å²) in [4.78, 5) is 18.5. The average Bonchev–Trinajstić information content (AvgIpc) is 2.20. The number of hydrogen-bond donors (Lipinski definition) is 1. The summed E-state index contributed by atoms with van der Waals surface area (Å²) < 4.78 is 0. The zero-order valence-corrected chi connectivity index (χ0v) is 6.64. The molecule has 0 aliphatic carbocycles. The summed E-state index contributed by atoms with van der Waals surface area (Å²) in [5.41, 5.74) is 1.09. The molecule has 0 bridgehead atoms. The fourth-order valence-corrected chi connectivity index (χ4v) is 0.929. The van der Waals surface area contributed by atoms with Crippen LogP contribution in [0.3, 0.4) is 0 Å². The molecule has 0 unspecified atom stereocenters. The predicted octanol–water partition coefficient (Wildman–Crippen LogP) is 0.227. The summed E-state index contributed by atoms with van der Waals surface area (Å²) in [6, 6.07) is 4.74. The second-order valence-electron chi connectivity index (χ2n) is 2.40. The number of aromatic amines is 1. The molecule has 5 heteroatoms. The maximum absolute atomic E-state index is 10.7. The van der Waals surface area contributed by atoms with E-state index >= 15 is 0 Å². The van der Waals surface area contributed by atoms with Crippen molar-refractivity contribution >= 4 is 0 Å². The van der Waals surface area contributed by atoms with Crippen LogP contribution < -0.4 is 5.56 Å². The van der Waals surface area contributed by atoms with Crippen LogP contribution in [0.5, 0.6) is 0 Å². The van der Waals surface area contributed by atoms with Gasteiger partial charge in [0.1, 0.15) is 12.0 Å². The van der Waals surface area contributed by atoms with Crippen molar-refractivity contribution in [3.8, 4) is 11.4 Å². The fraction of sp³-hybridized carbons (Fsp3) is 0. The van der Waals surface area contributed by atoms with Crippen molar-refractivity contribution < 1.29 is 0 Å². The minimum atomic E-state index is -0.224. The first kappa shape index (κ1) is 7.60. The minimum Gasteiger partial charge on any atom is -0.268 e. The van der Waals surface area contributed by atoms with E-state index < -0.39 is 0 Å². The van der Waals surface area contributed by atoms with Crippen LogP contribution in [0.1, 0.15) is 0 Å². The van der Waals surface area contributed by atoms with E-state index in [0.29, 0.717) is 11.4 Å². The van der Waals surface area contributed by atoms with Gasteiger partial charge in [-0.1, -0.05) is 0 Å². The number of H-pyrrole nitrogens is 1. The third-order valence-electron chi connectivity index (χ3n) is 1.52. The Balaban J connectivity index is 2.48. The lowest BCUT2D eigenvalue weighted by Crippen LogP contribution is -2.05. The van der Waals surface area contributed by atoms with Gasteiger partial charge in [-0.3, -0.25) is 4.79 Å². The van der Waals surface area contributed by atoms with Gasteiger partial charge in [0.15, 0.2) is 0 Å². The van der Waals surface area contributed by atoms with Gasteiger partial charge in [0, 0.05) is 12.3 Å². The molecule has 2 aromatic rings. The van der Waals surface area contributed by atoms with Crippen LogP contribution in [-0.4, -0.2) is 20.2 Å². The first-order valence-electron chi connectivity index (χ1n) is 3.68. The molecule has 0 spiro atoms. The Bertz CT molecular complexity index is 431. The normalized spacial score (nSPS) is 9.85. The van der Waals surface area contributed by atoms with Crippen molar-refractivity contribution in [3.63, 3.8) is 0 Å². The van der Waals surface area contributed by atoms with Crippen LogP contribution in [0.2, 0.25) is 0 Å². The molecular formula is C8H6N4O. The fourth-order valence-electron chi connectivity index (χ4n) is 0.929. The van der Waals surface area contributed by atoms with Crippen molar-refractivity contribution in [3.05, 3.63) is 41.1 Å².